The van der Waals surface area contributed by atoms with Crippen molar-refractivity contribution in [3.8, 4) is 0 Å². The van der Waals surface area contributed by atoms with Crippen LogP contribution in [0, 0.1) is 5.82 Å². The molecule has 0 saturated carbocycles. The molecule has 2 N–H and O–H groups in total. The number of halogens is 2. The number of hydrogen-bond acceptors (Lipinski definition) is 4. The quantitative estimate of drug-likeness (QED) is 0.890. The van der Waals surface area contributed by atoms with Gasteiger partial charge >= 0.3 is 0 Å². The molecule has 0 aliphatic carbocycles. The predicted octanol–water partition coefficient (Wildman–Crippen LogP) is 2.25. The summed E-state index contributed by atoms with van der Waals surface area (Å²) in [5.74, 6) is -2.65. The number of carbonyl (C=O) groups is 2. The van der Waals surface area contributed by atoms with Gasteiger partial charge in [0.2, 0.25) is 5.91 Å². The molecule has 1 aliphatic rings. The molecule has 134 valence electrons. The van der Waals surface area contributed by atoms with Gasteiger partial charge in [-0.3, -0.25) is 14.6 Å². The second-order valence-electron chi connectivity index (χ2n) is 6.04. The minimum atomic E-state index is -0.892. The number of pyridine rings is 1. The number of amides is 2. The third kappa shape index (κ3) is 3.72. The van der Waals surface area contributed by atoms with E-state index in [-0.39, 0.29) is 23.7 Å². The summed E-state index contributed by atoms with van der Waals surface area (Å²) < 4.78 is 14.7. The van der Waals surface area contributed by atoms with Crippen LogP contribution in [0.25, 0.3) is 0 Å². The molecule has 0 saturated heterocycles. The molecule has 2 amide bonds. The monoisotopic (exact) mass is 374 g/mol. The third-order valence-electron chi connectivity index (χ3n) is 4.13. The van der Waals surface area contributed by atoms with Gasteiger partial charge in [0.05, 0.1) is 11.6 Å². The summed E-state index contributed by atoms with van der Waals surface area (Å²) in [7, 11) is 1.42. The van der Waals surface area contributed by atoms with Crippen molar-refractivity contribution in [1.82, 2.24) is 9.99 Å². The fourth-order valence-corrected chi connectivity index (χ4v) is 3.07. The van der Waals surface area contributed by atoms with Crippen LogP contribution in [-0.2, 0) is 16.0 Å². The van der Waals surface area contributed by atoms with Crippen molar-refractivity contribution < 1.29 is 14.0 Å². The molecule has 6 nitrogen and oxygen atoms in total. The molecule has 0 fully saturated rings. The van der Waals surface area contributed by atoms with Gasteiger partial charge < -0.3 is 5.73 Å². The second kappa shape index (κ2) is 7.21. The minimum Gasteiger partial charge on any atom is -0.364 e. The molecule has 1 aliphatic heterocycles. The summed E-state index contributed by atoms with van der Waals surface area (Å²) in [6.45, 7) is 0. The summed E-state index contributed by atoms with van der Waals surface area (Å²) in [5, 5.41) is 5.49. The largest absolute Gasteiger partial charge is 0.364 e. The van der Waals surface area contributed by atoms with E-state index in [2.05, 4.69) is 10.1 Å². The molecule has 8 heteroatoms. The van der Waals surface area contributed by atoms with Crippen LogP contribution in [0.5, 0.6) is 0 Å². The Hall–Kier alpha value is -2.80. The van der Waals surface area contributed by atoms with Gasteiger partial charge in [0.1, 0.15) is 11.5 Å². The minimum absolute atomic E-state index is 0.0150. The Morgan fingerprint density at radius 1 is 1.38 bits per heavy atom. The van der Waals surface area contributed by atoms with Crippen LogP contribution in [0.15, 0.2) is 41.6 Å². The van der Waals surface area contributed by atoms with Crippen LogP contribution in [0.4, 0.5) is 4.39 Å². The summed E-state index contributed by atoms with van der Waals surface area (Å²) >= 11 is 5.96. The van der Waals surface area contributed by atoms with Crippen LogP contribution in [0.3, 0.4) is 0 Å². The number of primary amides is 1. The Morgan fingerprint density at radius 2 is 2.15 bits per heavy atom. The van der Waals surface area contributed by atoms with Crippen molar-refractivity contribution in [2.24, 2.45) is 10.8 Å². The first-order valence-electron chi connectivity index (χ1n) is 7.88. The van der Waals surface area contributed by atoms with E-state index < -0.39 is 17.6 Å². The number of carbonyl (C=O) groups excluding carboxylic acids is 2. The fraction of sp³-hybridized carbons (Fsp3) is 0.222. The zero-order chi connectivity index (χ0) is 18.8. The molecule has 3 rings (SSSR count). The summed E-state index contributed by atoms with van der Waals surface area (Å²) in [6, 6.07) is 8.58. The molecule has 2 heterocycles. The number of aromatic nitrogens is 1. The van der Waals surface area contributed by atoms with E-state index in [1.54, 1.807) is 12.1 Å². The summed E-state index contributed by atoms with van der Waals surface area (Å²) in [4.78, 5) is 27.7. The molecule has 1 unspecified atom stereocenters. The lowest BCUT2D eigenvalue weighted by molar-refractivity contribution is -0.130. The highest BCUT2D eigenvalue weighted by molar-refractivity contribution is 6.41. The number of nitrogens with zero attached hydrogens (tertiary/aromatic N) is 3. The van der Waals surface area contributed by atoms with E-state index in [1.165, 1.54) is 19.3 Å². The summed E-state index contributed by atoms with van der Waals surface area (Å²) in [6.07, 6.45) is 1.85. The average Bonchev–Trinajstić information content (AvgIpc) is 2.57. The molecular formula is C18H16ClFN4O2. The lowest BCUT2D eigenvalue weighted by atomic mass is 9.91. The van der Waals surface area contributed by atoms with Gasteiger partial charge in [0, 0.05) is 24.7 Å². The van der Waals surface area contributed by atoms with Crippen LogP contribution >= 0.6 is 11.6 Å². The van der Waals surface area contributed by atoms with Crippen LogP contribution in [-0.4, -0.2) is 34.6 Å². The first kappa shape index (κ1) is 18.0. The van der Waals surface area contributed by atoms with Crippen LogP contribution in [0.1, 0.15) is 29.2 Å². The molecule has 2 aromatic rings. The lowest BCUT2D eigenvalue weighted by Gasteiger charge is -2.25. The van der Waals surface area contributed by atoms with Gasteiger partial charge in [0.15, 0.2) is 0 Å². The Kier molecular flexibility index (Phi) is 4.99. The summed E-state index contributed by atoms with van der Waals surface area (Å²) in [5.41, 5.74) is 6.79. The SMILES string of the molecule is CN1N=C(C(N)=O)C(c2ncc(Cc3cccc(Cl)c3)cc2F)CC1=O. The topological polar surface area (TPSA) is 88.7 Å². The van der Waals surface area contributed by atoms with Gasteiger partial charge in [-0.05, 0) is 35.7 Å². The van der Waals surface area contributed by atoms with Crippen LogP contribution in [0.2, 0.25) is 5.02 Å². The molecule has 0 spiro atoms. The predicted molar refractivity (Wildman–Crippen MR) is 95.2 cm³/mol. The maximum Gasteiger partial charge on any atom is 0.265 e. The highest BCUT2D eigenvalue weighted by Crippen LogP contribution is 2.27. The highest BCUT2D eigenvalue weighted by atomic mass is 35.5. The molecule has 1 aromatic heterocycles. The molecule has 1 aromatic carbocycles. The highest BCUT2D eigenvalue weighted by Gasteiger charge is 2.34. The van der Waals surface area contributed by atoms with Crippen molar-refractivity contribution >= 4 is 29.1 Å². The number of rotatable bonds is 4. The Labute approximate surface area is 154 Å². The number of nitrogens with two attached hydrogens (primary N) is 1. The Balaban J connectivity index is 1.90. The van der Waals surface area contributed by atoms with Crippen molar-refractivity contribution in [3.05, 3.63) is 64.2 Å². The van der Waals surface area contributed by atoms with E-state index in [0.29, 0.717) is 17.0 Å². The average molecular weight is 375 g/mol. The zero-order valence-corrected chi connectivity index (χ0v) is 14.7. The van der Waals surface area contributed by atoms with E-state index in [4.69, 9.17) is 17.3 Å². The number of hydrogen-bond donors (Lipinski definition) is 1. The maximum absolute atomic E-state index is 14.7. The second-order valence-corrected chi connectivity index (χ2v) is 6.48. The zero-order valence-electron chi connectivity index (χ0n) is 13.9. The molecule has 26 heavy (non-hydrogen) atoms. The number of hydrazone groups is 1. The van der Waals surface area contributed by atoms with E-state index in [1.807, 2.05) is 12.1 Å². The molecule has 0 radical (unpaired) electrons. The van der Waals surface area contributed by atoms with E-state index in [9.17, 15) is 14.0 Å². The fourth-order valence-electron chi connectivity index (χ4n) is 2.86. The van der Waals surface area contributed by atoms with Crippen LogP contribution < -0.4 is 5.73 Å². The Bertz CT molecular complexity index is 916. The lowest BCUT2D eigenvalue weighted by Crippen LogP contribution is -2.40. The first-order chi connectivity index (χ1) is 12.3. The van der Waals surface area contributed by atoms with Gasteiger partial charge in [-0.15, -0.1) is 0 Å². The molecule has 0 bridgehead atoms. The number of benzene rings is 1. The standard InChI is InChI=1S/C18H16ClFN4O2/c1-24-15(25)8-13(17(23-24)18(21)26)16-14(20)7-11(9-22-16)5-10-3-2-4-12(19)6-10/h2-4,6-7,9,13H,5,8H2,1H3,(H2,21,26). The smallest absolute Gasteiger partial charge is 0.265 e. The maximum atomic E-state index is 14.7. The Morgan fingerprint density at radius 3 is 2.81 bits per heavy atom. The normalized spacial score (nSPS) is 17.2. The van der Waals surface area contributed by atoms with Gasteiger partial charge in [0.25, 0.3) is 5.91 Å². The van der Waals surface area contributed by atoms with Gasteiger partial charge in [-0.25, -0.2) is 9.40 Å². The first-order valence-corrected chi connectivity index (χ1v) is 8.26. The van der Waals surface area contributed by atoms with Gasteiger partial charge in [-0.1, -0.05) is 23.7 Å². The molecular weight excluding hydrogens is 359 g/mol. The molecule has 1 atom stereocenters. The van der Waals surface area contributed by atoms with Crippen molar-refractivity contribution in [1.29, 1.82) is 0 Å². The van der Waals surface area contributed by atoms with E-state index in [0.717, 1.165) is 10.6 Å². The van der Waals surface area contributed by atoms with E-state index >= 15 is 0 Å². The van der Waals surface area contributed by atoms with Crippen molar-refractivity contribution in [2.45, 2.75) is 18.8 Å². The third-order valence-corrected chi connectivity index (χ3v) is 4.37. The van der Waals surface area contributed by atoms with Crippen molar-refractivity contribution in [2.75, 3.05) is 7.05 Å². The van der Waals surface area contributed by atoms with Gasteiger partial charge in [-0.2, -0.15) is 5.10 Å². The van der Waals surface area contributed by atoms with Crippen molar-refractivity contribution in [3.63, 3.8) is 0 Å².